The molecule has 0 radical (unpaired) electrons. The Labute approximate surface area is 119 Å². The van der Waals surface area contributed by atoms with E-state index < -0.39 is 19.5 Å². The second-order valence-corrected chi connectivity index (χ2v) is 9.25. The Hall–Kier alpha value is -0.200. The number of thiocarbonyl (C=S) groups is 1. The number of benzene rings is 1. The van der Waals surface area contributed by atoms with Crippen molar-refractivity contribution in [1.82, 2.24) is 0 Å². The van der Waals surface area contributed by atoms with Crippen LogP contribution in [0.15, 0.2) is 29.2 Å². The molecule has 1 aromatic carbocycles. The summed E-state index contributed by atoms with van der Waals surface area (Å²) in [5.41, 5.74) is 0. The largest absolute Gasteiger partial charge is 0.427 e. The highest BCUT2D eigenvalue weighted by molar-refractivity contribution is 8.16. The fourth-order valence-electron chi connectivity index (χ4n) is 1.11. The highest BCUT2D eigenvalue weighted by Crippen LogP contribution is 2.58. The molecule has 0 aromatic heterocycles. The minimum Gasteiger partial charge on any atom is -0.421 e. The molecule has 1 aromatic rings. The zero-order chi connectivity index (χ0) is 14.7. The lowest BCUT2D eigenvalue weighted by Crippen LogP contribution is -2.03. The van der Waals surface area contributed by atoms with Gasteiger partial charge in [-0.25, -0.2) is 4.57 Å². The van der Waals surface area contributed by atoms with Gasteiger partial charge in [-0.2, -0.15) is 0 Å². The molecule has 0 bridgehead atoms. The van der Waals surface area contributed by atoms with Gasteiger partial charge in [-0.15, -0.1) is 11.8 Å². The van der Waals surface area contributed by atoms with E-state index in [-0.39, 0.29) is 5.75 Å². The summed E-state index contributed by atoms with van der Waals surface area (Å²) < 4.78 is 25.9. The maximum absolute atomic E-state index is 11.6. The Morgan fingerprint density at radius 2 is 1.79 bits per heavy atom. The zero-order valence-corrected chi connectivity index (χ0v) is 13.2. The summed E-state index contributed by atoms with van der Waals surface area (Å²) in [7, 11) is -9.64. The maximum atomic E-state index is 11.6. The average Bonchev–Trinajstić information content (AvgIpc) is 2.29. The number of rotatable bonds is 6. The van der Waals surface area contributed by atoms with Gasteiger partial charge in [-0.3, -0.25) is 4.57 Å². The molecule has 10 heteroatoms. The first-order valence-corrected chi connectivity index (χ1v) is 9.61. The van der Waals surface area contributed by atoms with Gasteiger partial charge in [-0.05, 0) is 30.0 Å². The Morgan fingerprint density at radius 3 is 2.21 bits per heavy atom. The normalized spacial score (nSPS) is 14.7. The molecule has 3 N–H and O–H groups in total. The molecule has 0 aliphatic rings. The standard InChI is InChI=1S/C9H12O6P2S2/c1-2-19-8-5-3-7(4-6-8)15-17(13,14)9(18)16(10,11)12/h3-6H,2H2,1H3,(H,13,14)(H2,10,11,12). The molecule has 0 fully saturated rings. The molecule has 1 atom stereocenters. The van der Waals surface area contributed by atoms with Crippen LogP contribution in [0.25, 0.3) is 0 Å². The summed E-state index contributed by atoms with van der Waals surface area (Å²) in [4.78, 5) is 27.9. The molecule has 0 aliphatic heterocycles. The van der Waals surface area contributed by atoms with Gasteiger partial charge in [0.05, 0.1) is 0 Å². The summed E-state index contributed by atoms with van der Waals surface area (Å²) in [6.45, 7) is 1.98. The summed E-state index contributed by atoms with van der Waals surface area (Å²) in [5, 5.41) is 0. The summed E-state index contributed by atoms with van der Waals surface area (Å²) in [6.07, 6.45) is 0. The van der Waals surface area contributed by atoms with Crippen molar-refractivity contribution in [1.29, 1.82) is 0 Å². The van der Waals surface area contributed by atoms with Crippen LogP contribution >= 0.6 is 39.2 Å². The highest BCUT2D eigenvalue weighted by Gasteiger charge is 2.40. The first kappa shape index (κ1) is 16.9. The lowest BCUT2D eigenvalue weighted by Gasteiger charge is -2.14. The monoisotopic (exact) mass is 342 g/mol. The number of hydrogen-bond acceptors (Lipinski definition) is 5. The van der Waals surface area contributed by atoms with Gasteiger partial charge in [0.15, 0.2) is 0 Å². The van der Waals surface area contributed by atoms with E-state index in [4.69, 9.17) is 14.3 Å². The summed E-state index contributed by atoms with van der Waals surface area (Å²) >= 11 is 5.86. The third kappa shape index (κ3) is 5.00. The van der Waals surface area contributed by atoms with Gasteiger partial charge in [0, 0.05) is 4.90 Å². The fourth-order valence-corrected chi connectivity index (χ4v) is 3.81. The van der Waals surface area contributed by atoms with Crippen molar-refractivity contribution in [3.05, 3.63) is 24.3 Å². The van der Waals surface area contributed by atoms with E-state index in [1.807, 2.05) is 6.92 Å². The van der Waals surface area contributed by atoms with Crippen LogP contribution in [-0.4, -0.2) is 24.8 Å². The fraction of sp³-hybridized carbons (Fsp3) is 0.222. The molecule has 106 valence electrons. The van der Waals surface area contributed by atoms with Crippen molar-refractivity contribution >= 4 is 43.5 Å². The minimum absolute atomic E-state index is 0.0158. The van der Waals surface area contributed by atoms with Crippen LogP contribution in [0.5, 0.6) is 5.75 Å². The molecule has 0 spiro atoms. The predicted octanol–water partition coefficient (Wildman–Crippen LogP) is 2.83. The zero-order valence-electron chi connectivity index (χ0n) is 9.79. The smallest absolute Gasteiger partial charge is 0.421 e. The number of thioether (sulfide) groups is 1. The first-order valence-electron chi connectivity index (χ1n) is 5.02. The lowest BCUT2D eigenvalue weighted by molar-refractivity contribution is 0.385. The Bertz CT molecular complexity index is 552. The average molecular weight is 342 g/mol. The van der Waals surface area contributed by atoms with Gasteiger partial charge in [0.2, 0.25) is 4.35 Å². The second kappa shape index (κ2) is 6.50. The molecule has 19 heavy (non-hydrogen) atoms. The third-order valence-electron chi connectivity index (χ3n) is 1.85. The number of hydrogen-bond donors (Lipinski definition) is 3. The van der Waals surface area contributed by atoms with E-state index >= 15 is 0 Å². The molecule has 0 amide bonds. The molecule has 1 unspecified atom stereocenters. The third-order valence-corrected chi connectivity index (χ3v) is 7.13. The molecule has 1 rings (SSSR count). The van der Waals surface area contributed by atoms with E-state index in [9.17, 15) is 14.0 Å². The van der Waals surface area contributed by atoms with Gasteiger partial charge in [0.25, 0.3) is 0 Å². The predicted molar refractivity (Wildman–Crippen MR) is 77.9 cm³/mol. The van der Waals surface area contributed by atoms with E-state index in [1.165, 1.54) is 12.1 Å². The molecule has 0 saturated carbocycles. The van der Waals surface area contributed by atoms with Crippen LogP contribution < -0.4 is 4.52 Å². The minimum atomic E-state index is -4.95. The molecular formula is C9H12O6P2S2. The van der Waals surface area contributed by atoms with Crippen LogP contribution in [0.1, 0.15) is 6.92 Å². The van der Waals surface area contributed by atoms with Crippen molar-refractivity contribution < 1.29 is 28.3 Å². The molecule has 6 nitrogen and oxygen atoms in total. The summed E-state index contributed by atoms with van der Waals surface area (Å²) in [6, 6.07) is 6.21. The van der Waals surface area contributed by atoms with Gasteiger partial charge in [-0.1, -0.05) is 19.1 Å². The van der Waals surface area contributed by atoms with Crippen molar-refractivity contribution in [2.24, 2.45) is 0 Å². The van der Waals surface area contributed by atoms with Crippen molar-refractivity contribution in [2.75, 3.05) is 5.75 Å². The van der Waals surface area contributed by atoms with E-state index in [0.29, 0.717) is 0 Å². The molecular weight excluding hydrogens is 330 g/mol. The first-order chi connectivity index (χ1) is 8.66. The molecule has 0 heterocycles. The van der Waals surface area contributed by atoms with Crippen LogP contribution in [0, 0.1) is 0 Å². The van der Waals surface area contributed by atoms with E-state index in [1.54, 1.807) is 23.9 Å². The van der Waals surface area contributed by atoms with Gasteiger partial charge in [0.1, 0.15) is 5.75 Å². The Kier molecular flexibility index (Phi) is 5.77. The Balaban J connectivity index is 2.87. The maximum Gasteiger partial charge on any atom is 0.427 e. The topological polar surface area (TPSA) is 104 Å². The van der Waals surface area contributed by atoms with E-state index in [0.717, 1.165) is 10.6 Å². The Morgan fingerprint density at radius 1 is 1.26 bits per heavy atom. The van der Waals surface area contributed by atoms with Crippen molar-refractivity contribution in [3.63, 3.8) is 0 Å². The molecule has 0 aliphatic carbocycles. The van der Waals surface area contributed by atoms with Crippen molar-refractivity contribution in [2.45, 2.75) is 11.8 Å². The summed E-state index contributed by atoms with van der Waals surface area (Å²) in [5.74, 6) is 0.892. The van der Waals surface area contributed by atoms with Gasteiger partial charge < -0.3 is 19.2 Å². The quantitative estimate of drug-likeness (QED) is 0.412. The highest BCUT2D eigenvalue weighted by atomic mass is 32.2. The molecule has 0 saturated heterocycles. The van der Waals surface area contributed by atoms with E-state index in [2.05, 4.69) is 12.2 Å². The second-order valence-electron chi connectivity index (χ2n) is 3.34. The SMILES string of the molecule is CCSc1ccc(OP(=O)(O)C(=S)P(=O)(O)O)cc1. The van der Waals surface area contributed by atoms with Crippen LogP contribution in [0.4, 0.5) is 0 Å². The lowest BCUT2D eigenvalue weighted by atomic mass is 10.3. The van der Waals surface area contributed by atoms with Crippen LogP contribution in [0.3, 0.4) is 0 Å². The van der Waals surface area contributed by atoms with Crippen LogP contribution in [0.2, 0.25) is 0 Å². The van der Waals surface area contributed by atoms with Crippen LogP contribution in [-0.2, 0) is 9.13 Å². The van der Waals surface area contributed by atoms with Gasteiger partial charge >= 0.3 is 15.2 Å². The van der Waals surface area contributed by atoms with Crippen molar-refractivity contribution in [3.8, 4) is 5.75 Å².